The van der Waals surface area contributed by atoms with Crippen molar-refractivity contribution in [1.29, 1.82) is 0 Å². The Morgan fingerprint density at radius 2 is 1.81 bits per heavy atom. The number of carboxylic acid groups (broad SMARTS) is 1. The summed E-state index contributed by atoms with van der Waals surface area (Å²) in [7, 11) is 2.61. The number of rotatable bonds is 6. The van der Waals surface area contributed by atoms with Crippen LogP contribution in [-0.2, 0) is 4.79 Å². The molecule has 9 heteroatoms. The monoisotopic (exact) mass is 298 g/mol. The highest BCUT2D eigenvalue weighted by Gasteiger charge is 2.26. The van der Waals surface area contributed by atoms with E-state index in [2.05, 4.69) is 5.32 Å². The molecule has 0 aliphatic carbocycles. The molecule has 0 aliphatic rings. The van der Waals surface area contributed by atoms with Gasteiger partial charge in [0.2, 0.25) is 0 Å². The summed E-state index contributed by atoms with van der Waals surface area (Å²) in [5.74, 6) is -1.94. The number of benzene rings is 1. The van der Waals surface area contributed by atoms with E-state index >= 15 is 0 Å². The van der Waals surface area contributed by atoms with Crippen molar-refractivity contribution in [2.45, 2.75) is 13.0 Å². The topological polar surface area (TPSA) is 128 Å². The first-order valence-electron chi connectivity index (χ1n) is 5.75. The molecule has 0 heterocycles. The molecule has 2 N–H and O–H groups in total. The summed E-state index contributed by atoms with van der Waals surface area (Å²) in [4.78, 5) is 33.0. The Hall–Kier alpha value is -2.84. The molecule has 0 saturated heterocycles. The van der Waals surface area contributed by atoms with Gasteiger partial charge in [0, 0.05) is 6.07 Å². The first-order valence-corrected chi connectivity index (χ1v) is 5.75. The van der Waals surface area contributed by atoms with Crippen molar-refractivity contribution in [1.82, 2.24) is 5.32 Å². The van der Waals surface area contributed by atoms with Gasteiger partial charge >= 0.3 is 5.97 Å². The molecule has 9 nitrogen and oxygen atoms in total. The van der Waals surface area contributed by atoms with E-state index in [0.29, 0.717) is 0 Å². The van der Waals surface area contributed by atoms with Gasteiger partial charge in [-0.1, -0.05) is 0 Å². The molecule has 0 aromatic heterocycles. The Morgan fingerprint density at radius 3 is 2.24 bits per heavy atom. The molecule has 0 bridgehead atoms. The van der Waals surface area contributed by atoms with Gasteiger partial charge in [-0.05, 0) is 6.92 Å². The summed E-state index contributed by atoms with van der Waals surface area (Å²) in [6.45, 7) is 1.24. The fourth-order valence-electron chi connectivity index (χ4n) is 1.54. The van der Waals surface area contributed by atoms with E-state index in [9.17, 15) is 19.7 Å². The van der Waals surface area contributed by atoms with Gasteiger partial charge in [0.1, 0.15) is 11.6 Å². The normalized spacial score (nSPS) is 11.4. The Bertz CT molecular complexity index is 585. The van der Waals surface area contributed by atoms with Crippen LogP contribution in [0.2, 0.25) is 0 Å². The highest BCUT2D eigenvalue weighted by molar-refractivity contribution is 6.00. The standard InChI is InChI=1S/C12H14N2O7/c1-6(12(16)17)13-11(15)7-4-9(20-2)10(21-3)5-8(7)14(18)19/h4-6H,1-3H3,(H,13,15)(H,16,17)/t6-/m0/s1. The maximum absolute atomic E-state index is 12.0. The molecule has 1 aromatic carbocycles. The van der Waals surface area contributed by atoms with Crippen LogP contribution in [0.1, 0.15) is 17.3 Å². The fourth-order valence-corrected chi connectivity index (χ4v) is 1.54. The summed E-state index contributed by atoms with van der Waals surface area (Å²) < 4.78 is 9.90. The Morgan fingerprint density at radius 1 is 1.29 bits per heavy atom. The third-order valence-electron chi connectivity index (χ3n) is 2.66. The minimum Gasteiger partial charge on any atom is -0.493 e. The van der Waals surface area contributed by atoms with E-state index in [1.165, 1.54) is 21.1 Å². The van der Waals surface area contributed by atoms with Gasteiger partial charge in [-0.2, -0.15) is 0 Å². The van der Waals surface area contributed by atoms with Crippen molar-refractivity contribution in [3.63, 3.8) is 0 Å². The highest BCUT2D eigenvalue weighted by atomic mass is 16.6. The molecule has 1 rings (SSSR count). The molecule has 1 atom stereocenters. The quantitative estimate of drug-likeness (QED) is 0.587. The summed E-state index contributed by atoms with van der Waals surface area (Å²) in [6, 6.07) is 0.977. The maximum Gasteiger partial charge on any atom is 0.325 e. The first-order chi connectivity index (χ1) is 9.81. The SMILES string of the molecule is COc1cc(C(=O)N[C@@H](C)C(=O)O)c([N+](=O)[O-])cc1OC. The number of nitrogens with zero attached hydrogens (tertiary/aromatic N) is 1. The predicted molar refractivity (Wildman–Crippen MR) is 70.8 cm³/mol. The molecule has 21 heavy (non-hydrogen) atoms. The van der Waals surface area contributed by atoms with Crippen LogP contribution < -0.4 is 14.8 Å². The van der Waals surface area contributed by atoms with E-state index in [0.717, 1.165) is 12.1 Å². The van der Waals surface area contributed by atoms with Crippen LogP contribution >= 0.6 is 0 Å². The Balaban J connectivity index is 3.29. The summed E-state index contributed by atoms with van der Waals surface area (Å²) >= 11 is 0. The molecular weight excluding hydrogens is 284 g/mol. The number of methoxy groups -OCH3 is 2. The molecule has 114 valence electrons. The van der Waals surface area contributed by atoms with Crippen LogP contribution in [0.4, 0.5) is 5.69 Å². The Kier molecular flexibility index (Phi) is 5.06. The van der Waals surface area contributed by atoms with Gasteiger partial charge in [0.05, 0.1) is 25.2 Å². The lowest BCUT2D eigenvalue weighted by Gasteiger charge is -2.12. The van der Waals surface area contributed by atoms with Crippen molar-refractivity contribution >= 4 is 17.6 Å². The van der Waals surface area contributed by atoms with Crippen LogP contribution in [0.25, 0.3) is 0 Å². The smallest absolute Gasteiger partial charge is 0.325 e. The number of hydrogen-bond donors (Lipinski definition) is 2. The summed E-state index contributed by atoms with van der Waals surface area (Å²) in [6.07, 6.45) is 0. The molecular formula is C12H14N2O7. The third-order valence-corrected chi connectivity index (χ3v) is 2.66. The number of hydrogen-bond acceptors (Lipinski definition) is 6. The van der Waals surface area contributed by atoms with Crippen LogP contribution in [0.5, 0.6) is 11.5 Å². The van der Waals surface area contributed by atoms with Crippen molar-refractivity contribution in [3.8, 4) is 11.5 Å². The molecule has 1 aromatic rings. The number of aliphatic carboxylic acids is 1. The second-order valence-electron chi connectivity index (χ2n) is 4.01. The molecule has 0 fully saturated rings. The van der Waals surface area contributed by atoms with Gasteiger partial charge in [-0.15, -0.1) is 0 Å². The van der Waals surface area contributed by atoms with Crippen LogP contribution in [0, 0.1) is 10.1 Å². The van der Waals surface area contributed by atoms with E-state index in [4.69, 9.17) is 14.6 Å². The number of carbonyl (C=O) groups excluding carboxylic acids is 1. The molecule has 0 radical (unpaired) electrons. The lowest BCUT2D eigenvalue weighted by molar-refractivity contribution is -0.385. The maximum atomic E-state index is 12.0. The minimum absolute atomic E-state index is 0.0898. The predicted octanol–water partition coefficient (Wildman–Crippen LogP) is 0.815. The highest BCUT2D eigenvalue weighted by Crippen LogP contribution is 2.34. The summed E-state index contributed by atoms with van der Waals surface area (Å²) in [5, 5.41) is 21.9. The van der Waals surface area contributed by atoms with Gasteiger partial charge in [0.25, 0.3) is 11.6 Å². The number of ether oxygens (including phenoxy) is 2. The average Bonchev–Trinajstić information content (AvgIpc) is 2.45. The number of nitro groups is 1. The van der Waals surface area contributed by atoms with Crippen LogP contribution in [0.3, 0.4) is 0 Å². The molecule has 0 spiro atoms. The first kappa shape index (κ1) is 16.2. The van der Waals surface area contributed by atoms with Gasteiger partial charge in [-0.25, -0.2) is 0 Å². The molecule has 0 aliphatic heterocycles. The van der Waals surface area contributed by atoms with Crippen LogP contribution in [-0.4, -0.2) is 42.2 Å². The number of nitro benzene ring substituents is 1. The molecule has 0 unspecified atom stereocenters. The third kappa shape index (κ3) is 3.59. The second-order valence-corrected chi connectivity index (χ2v) is 4.01. The zero-order valence-corrected chi connectivity index (χ0v) is 11.6. The minimum atomic E-state index is -1.26. The van der Waals surface area contributed by atoms with Gasteiger partial charge in [-0.3, -0.25) is 19.7 Å². The van der Waals surface area contributed by atoms with E-state index in [-0.39, 0.29) is 17.1 Å². The fraction of sp³-hybridized carbons (Fsp3) is 0.333. The number of amides is 1. The van der Waals surface area contributed by atoms with E-state index in [1.807, 2.05) is 0 Å². The van der Waals surface area contributed by atoms with Crippen molar-refractivity contribution < 1.29 is 29.1 Å². The van der Waals surface area contributed by atoms with E-state index in [1.54, 1.807) is 0 Å². The second kappa shape index (κ2) is 6.55. The largest absolute Gasteiger partial charge is 0.493 e. The van der Waals surface area contributed by atoms with Gasteiger partial charge < -0.3 is 19.9 Å². The summed E-state index contributed by atoms with van der Waals surface area (Å²) in [5.41, 5.74) is -0.825. The van der Waals surface area contributed by atoms with Gasteiger partial charge in [0.15, 0.2) is 11.5 Å². The zero-order valence-electron chi connectivity index (χ0n) is 11.6. The van der Waals surface area contributed by atoms with Crippen molar-refractivity contribution in [3.05, 3.63) is 27.8 Å². The van der Waals surface area contributed by atoms with E-state index < -0.39 is 28.5 Å². The molecule has 1 amide bonds. The Labute approximate surface area is 119 Å². The number of nitrogens with one attached hydrogen (secondary N) is 1. The van der Waals surface area contributed by atoms with Crippen molar-refractivity contribution in [2.24, 2.45) is 0 Å². The number of carbonyl (C=O) groups is 2. The zero-order chi connectivity index (χ0) is 16.2. The molecule has 0 saturated carbocycles. The average molecular weight is 298 g/mol. The number of carboxylic acids is 1. The van der Waals surface area contributed by atoms with Crippen molar-refractivity contribution in [2.75, 3.05) is 14.2 Å². The lowest BCUT2D eigenvalue weighted by atomic mass is 10.1. The lowest BCUT2D eigenvalue weighted by Crippen LogP contribution is -2.38. The van der Waals surface area contributed by atoms with Crippen LogP contribution in [0.15, 0.2) is 12.1 Å².